The molecular weight excluding hydrogens is 357 g/mol. The third kappa shape index (κ3) is 3.66. The molecule has 0 spiro atoms. The molecule has 7 nitrogen and oxygen atoms in total. The number of hydrogen-bond acceptors (Lipinski definition) is 5. The number of likely N-dealkylation sites (tertiary alicyclic amines) is 1. The highest BCUT2D eigenvalue weighted by Crippen LogP contribution is 2.37. The summed E-state index contributed by atoms with van der Waals surface area (Å²) in [6.07, 6.45) is 9.40. The van der Waals surface area contributed by atoms with E-state index < -0.39 is 29.5 Å². The molecule has 28 heavy (non-hydrogen) atoms. The first-order valence-electron chi connectivity index (χ1n) is 9.61. The third-order valence-electron chi connectivity index (χ3n) is 5.67. The van der Waals surface area contributed by atoms with Gasteiger partial charge in [-0.05, 0) is 48.5 Å². The summed E-state index contributed by atoms with van der Waals surface area (Å²) < 4.78 is 19.5. The molecule has 0 aromatic carbocycles. The molecule has 0 saturated carbocycles. The van der Waals surface area contributed by atoms with Crippen LogP contribution in [0.5, 0.6) is 0 Å². The molecule has 3 heterocycles. The van der Waals surface area contributed by atoms with Crippen molar-refractivity contribution < 1.29 is 18.8 Å². The van der Waals surface area contributed by atoms with E-state index in [4.69, 9.17) is 20.5 Å². The minimum absolute atomic E-state index is 0.335. The number of carbonyl (C=O) groups excluding carboxylic acids is 1. The van der Waals surface area contributed by atoms with Crippen LogP contribution in [0, 0.1) is 12.3 Å². The number of terminal acetylenes is 1. The zero-order valence-electron chi connectivity index (χ0n) is 17.9. The maximum absolute atomic E-state index is 12.3. The number of amides is 1. The van der Waals surface area contributed by atoms with Gasteiger partial charge in [-0.25, -0.2) is 4.79 Å². The Hall–Kier alpha value is -1.98. The van der Waals surface area contributed by atoms with Crippen LogP contribution in [-0.4, -0.2) is 57.8 Å². The van der Waals surface area contributed by atoms with Crippen molar-refractivity contribution in [3.8, 4) is 12.3 Å². The SMILES string of the molecule is C#CCC1(n2cc(B3OC(C)(C)C(C)(C)O3)cn2)CN(C(=O)OC(C)(C)C)C1. The predicted octanol–water partition coefficient (Wildman–Crippen LogP) is 2.15. The maximum Gasteiger partial charge on any atom is 0.498 e. The lowest BCUT2D eigenvalue weighted by molar-refractivity contribution is -0.0312. The van der Waals surface area contributed by atoms with Crippen molar-refractivity contribution in [1.29, 1.82) is 0 Å². The molecule has 2 aliphatic rings. The first-order valence-corrected chi connectivity index (χ1v) is 9.61. The average Bonchev–Trinajstić information content (AvgIpc) is 3.04. The van der Waals surface area contributed by atoms with Gasteiger partial charge in [0.25, 0.3) is 0 Å². The Kier molecular flexibility index (Phi) is 4.84. The zero-order chi connectivity index (χ0) is 21.0. The Morgan fingerprint density at radius 3 is 2.36 bits per heavy atom. The summed E-state index contributed by atoms with van der Waals surface area (Å²) in [5, 5.41) is 4.52. The highest BCUT2D eigenvalue weighted by atomic mass is 16.7. The normalized spacial score (nSPS) is 22.5. The number of hydrogen-bond donors (Lipinski definition) is 0. The molecule has 1 aromatic heterocycles. The smallest absolute Gasteiger partial charge is 0.444 e. The summed E-state index contributed by atoms with van der Waals surface area (Å²) in [5.41, 5.74) is -0.962. The molecule has 3 rings (SSSR count). The molecule has 0 aliphatic carbocycles. The van der Waals surface area contributed by atoms with Gasteiger partial charge in [0.1, 0.15) is 11.1 Å². The largest absolute Gasteiger partial charge is 0.498 e. The Morgan fingerprint density at radius 2 is 1.86 bits per heavy atom. The fraction of sp³-hybridized carbons (Fsp3) is 0.700. The van der Waals surface area contributed by atoms with Crippen LogP contribution >= 0.6 is 0 Å². The monoisotopic (exact) mass is 387 g/mol. The lowest BCUT2D eigenvalue weighted by Gasteiger charge is -2.49. The molecule has 8 heteroatoms. The fourth-order valence-electron chi connectivity index (χ4n) is 3.34. The van der Waals surface area contributed by atoms with Crippen LogP contribution in [0.2, 0.25) is 0 Å². The summed E-state index contributed by atoms with van der Waals surface area (Å²) in [7, 11) is -0.483. The van der Waals surface area contributed by atoms with Crippen LogP contribution in [0.1, 0.15) is 54.9 Å². The second kappa shape index (κ2) is 6.53. The summed E-state index contributed by atoms with van der Waals surface area (Å²) in [6, 6.07) is 0. The van der Waals surface area contributed by atoms with Crippen molar-refractivity contribution in [2.24, 2.45) is 0 Å². The quantitative estimate of drug-likeness (QED) is 0.588. The van der Waals surface area contributed by atoms with Crippen LogP contribution in [0.15, 0.2) is 12.4 Å². The van der Waals surface area contributed by atoms with Gasteiger partial charge in [-0.2, -0.15) is 5.10 Å². The lowest BCUT2D eigenvalue weighted by atomic mass is 9.81. The average molecular weight is 387 g/mol. The maximum atomic E-state index is 12.3. The molecule has 1 aromatic rings. The Morgan fingerprint density at radius 1 is 1.29 bits per heavy atom. The van der Waals surface area contributed by atoms with Crippen molar-refractivity contribution in [2.75, 3.05) is 13.1 Å². The van der Waals surface area contributed by atoms with Crippen LogP contribution in [0.3, 0.4) is 0 Å². The van der Waals surface area contributed by atoms with Crippen molar-refractivity contribution in [1.82, 2.24) is 14.7 Å². The minimum atomic E-state index is -0.531. The first kappa shape index (κ1) is 20.8. The topological polar surface area (TPSA) is 65.8 Å². The molecule has 2 aliphatic heterocycles. The van der Waals surface area contributed by atoms with E-state index in [0.717, 1.165) is 5.46 Å². The minimum Gasteiger partial charge on any atom is -0.444 e. The summed E-state index contributed by atoms with van der Waals surface area (Å²) >= 11 is 0. The van der Waals surface area contributed by atoms with Crippen LogP contribution in [0.4, 0.5) is 4.79 Å². The number of nitrogens with zero attached hydrogens (tertiary/aromatic N) is 3. The second-order valence-electron chi connectivity index (χ2n) is 9.75. The zero-order valence-corrected chi connectivity index (χ0v) is 17.9. The standard InChI is InChI=1S/C20H30BN3O4/c1-9-10-20(13-23(14-20)16(25)26-17(2,3)4)24-12-15(11-22-24)21-27-18(5,6)19(7,8)28-21/h1,11-12H,10,13-14H2,2-8H3. The number of carbonyl (C=O) groups is 1. The predicted molar refractivity (Wildman–Crippen MR) is 107 cm³/mol. The van der Waals surface area contributed by atoms with Crippen LogP contribution in [-0.2, 0) is 19.6 Å². The lowest BCUT2D eigenvalue weighted by Crippen LogP contribution is -2.64. The summed E-state index contributed by atoms with van der Waals surface area (Å²) in [4.78, 5) is 14.0. The highest BCUT2D eigenvalue weighted by Gasteiger charge is 2.53. The molecule has 1 amide bonds. The molecule has 2 saturated heterocycles. The van der Waals surface area contributed by atoms with Gasteiger partial charge in [0.2, 0.25) is 0 Å². The van der Waals surface area contributed by atoms with E-state index in [1.165, 1.54) is 0 Å². The highest BCUT2D eigenvalue weighted by molar-refractivity contribution is 6.62. The second-order valence-corrected chi connectivity index (χ2v) is 9.75. The first-order chi connectivity index (χ1) is 12.8. The van der Waals surface area contributed by atoms with Crippen molar-refractivity contribution in [3.63, 3.8) is 0 Å². The van der Waals surface area contributed by atoms with E-state index in [1.807, 2.05) is 59.3 Å². The summed E-state index contributed by atoms with van der Waals surface area (Å²) in [5.74, 6) is 2.72. The fourth-order valence-corrected chi connectivity index (χ4v) is 3.34. The van der Waals surface area contributed by atoms with Crippen molar-refractivity contribution in [2.45, 2.75) is 77.2 Å². The Balaban J connectivity index is 1.74. The van der Waals surface area contributed by atoms with Crippen molar-refractivity contribution >= 4 is 18.7 Å². The van der Waals surface area contributed by atoms with Crippen molar-refractivity contribution in [3.05, 3.63) is 12.4 Å². The molecule has 0 radical (unpaired) electrons. The van der Waals surface area contributed by atoms with Gasteiger partial charge in [0.15, 0.2) is 0 Å². The number of aromatic nitrogens is 2. The van der Waals surface area contributed by atoms with E-state index in [1.54, 1.807) is 11.1 Å². The molecule has 0 bridgehead atoms. The van der Waals surface area contributed by atoms with E-state index in [-0.39, 0.29) is 6.09 Å². The van der Waals surface area contributed by atoms with Gasteiger partial charge in [-0.15, -0.1) is 12.3 Å². The molecular formula is C20H30BN3O4. The van der Waals surface area contributed by atoms with Gasteiger partial charge in [0, 0.05) is 24.3 Å². The molecule has 2 fully saturated rings. The van der Waals surface area contributed by atoms with Gasteiger partial charge >= 0.3 is 13.2 Å². The van der Waals surface area contributed by atoms with Gasteiger partial charge in [-0.1, -0.05) is 0 Å². The molecule has 0 atom stereocenters. The van der Waals surface area contributed by atoms with Gasteiger partial charge in [0.05, 0.1) is 24.3 Å². The van der Waals surface area contributed by atoms with E-state index in [0.29, 0.717) is 19.5 Å². The van der Waals surface area contributed by atoms with E-state index >= 15 is 0 Å². The molecule has 0 N–H and O–H groups in total. The van der Waals surface area contributed by atoms with E-state index in [2.05, 4.69) is 11.0 Å². The van der Waals surface area contributed by atoms with Gasteiger partial charge < -0.3 is 18.9 Å². The van der Waals surface area contributed by atoms with E-state index in [9.17, 15) is 4.79 Å². The Labute approximate surface area is 167 Å². The Bertz CT molecular complexity index is 781. The molecule has 0 unspecified atom stereocenters. The number of rotatable bonds is 3. The van der Waals surface area contributed by atoms with Crippen LogP contribution in [0.25, 0.3) is 0 Å². The third-order valence-corrected chi connectivity index (χ3v) is 5.67. The van der Waals surface area contributed by atoms with Crippen LogP contribution < -0.4 is 5.46 Å². The van der Waals surface area contributed by atoms with Gasteiger partial charge in [-0.3, -0.25) is 4.68 Å². The molecule has 152 valence electrons. The summed E-state index contributed by atoms with van der Waals surface area (Å²) in [6.45, 7) is 14.5. The number of ether oxygens (including phenoxy) is 1.